The Labute approximate surface area is 107 Å². The Hall–Kier alpha value is -1.57. The van der Waals surface area contributed by atoms with Gasteiger partial charge in [0, 0.05) is 5.56 Å². The quantitative estimate of drug-likeness (QED) is 0.525. The average molecular weight is 237 g/mol. The van der Waals surface area contributed by atoms with Gasteiger partial charge in [-0.25, -0.2) is 0 Å². The summed E-state index contributed by atoms with van der Waals surface area (Å²) in [6.45, 7) is 18.8. The topological polar surface area (TPSA) is 32.6 Å². The van der Waals surface area contributed by atoms with Gasteiger partial charge in [0.15, 0.2) is 0 Å². The molecule has 0 amide bonds. The van der Waals surface area contributed by atoms with Crippen molar-refractivity contribution in [2.75, 3.05) is 0 Å². The normalized spacial score (nSPS) is 6.94. The fraction of sp³-hybridized carbons (Fsp3) is 0.400. The summed E-state index contributed by atoms with van der Waals surface area (Å²) in [5, 5.41) is 9.05. The van der Waals surface area contributed by atoms with Crippen molar-refractivity contribution in [1.82, 2.24) is 0 Å². The van der Waals surface area contributed by atoms with E-state index in [1.54, 1.807) is 12.1 Å². The van der Waals surface area contributed by atoms with Crippen LogP contribution in [-0.2, 0) is 0 Å². The molecule has 0 bridgehead atoms. The zero-order chi connectivity index (χ0) is 14.3. The summed E-state index contributed by atoms with van der Waals surface area (Å²) in [4.78, 5) is 3.72. The molecule has 0 atom stereocenters. The van der Waals surface area contributed by atoms with Crippen molar-refractivity contribution < 1.29 is 5.11 Å². The fourth-order valence-corrected chi connectivity index (χ4v) is 0.856. The highest BCUT2D eigenvalue weighted by atomic mass is 16.3. The van der Waals surface area contributed by atoms with Crippen LogP contribution >= 0.6 is 0 Å². The molecule has 0 heterocycles. The molecule has 0 spiro atoms. The minimum Gasteiger partial charge on any atom is -0.508 e. The van der Waals surface area contributed by atoms with Crippen molar-refractivity contribution in [3.63, 3.8) is 0 Å². The number of hydrogen-bond acceptors (Lipinski definition) is 2. The molecular formula is C15H27NO. The van der Waals surface area contributed by atoms with Crippen molar-refractivity contribution in [3.8, 4) is 0 Å². The maximum Gasteiger partial charge on any atom is 0.117 e. The number of hydrogen-bond donors (Lipinski definition) is 1. The Balaban J connectivity index is -0.000000285. The summed E-state index contributed by atoms with van der Waals surface area (Å²) in [5.74, 6) is 0.0213. The first-order chi connectivity index (χ1) is 8.25. The molecule has 0 fully saturated rings. The predicted octanol–water partition coefficient (Wildman–Crippen LogP) is 5.63. The zero-order valence-corrected chi connectivity index (χ0v) is 12.1. The first-order valence-electron chi connectivity index (χ1n) is 6.19. The molecule has 1 aromatic rings. The van der Waals surface area contributed by atoms with E-state index < -0.39 is 0 Å². The van der Waals surface area contributed by atoms with Gasteiger partial charge in [-0.3, -0.25) is 4.99 Å². The summed E-state index contributed by atoms with van der Waals surface area (Å²) >= 11 is 0. The van der Waals surface area contributed by atoms with Gasteiger partial charge >= 0.3 is 0 Å². The second kappa shape index (κ2) is 16.8. The molecule has 2 heteroatoms. The minimum absolute atomic E-state index is 0.0213. The van der Waals surface area contributed by atoms with Gasteiger partial charge in [0.1, 0.15) is 5.76 Å². The number of nitrogens with zero attached hydrogens (tertiary/aromatic N) is 1. The lowest BCUT2D eigenvalue weighted by molar-refractivity contribution is 0.514. The summed E-state index contributed by atoms with van der Waals surface area (Å²) in [6, 6.07) is 7.15. The van der Waals surface area contributed by atoms with E-state index in [0.717, 1.165) is 0 Å². The van der Waals surface area contributed by atoms with Gasteiger partial charge in [0.05, 0.1) is 5.69 Å². The first kappa shape index (κ1) is 20.8. The third-order valence-corrected chi connectivity index (χ3v) is 1.39. The molecule has 2 nitrogen and oxygen atoms in total. The van der Waals surface area contributed by atoms with Crippen LogP contribution in [0.4, 0.5) is 5.69 Å². The summed E-state index contributed by atoms with van der Waals surface area (Å²) in [5.41, 5.74) is 1.28. The van der Waals surface area contributed by atoms with Gasteiger partial charge in [-0.2, -0.15) is 0 Å². The van der Waals surface area contributed by atoms with E-state index in [2.05, 4.69) is 18.3 Å². The molecule has 0 saturated carbocycles. The molecule has 0 saturated heterocycles. The highest BCUT2D eigenvalue weighted by Gasteiger charge is 1.99. The molecule has 0 aliphatic carbocycles. The number of aliphatic hydroxyl groups excluding tert-OH is 1. The van der Waals surface area contributed by atoms with Crippen LogP contribution in [0, 0.1) is 0 Å². The van der Waals surface area contributed by atoms with Gasteiger partial charge in [-0.1, -0.05) is 60.3 Å². The SMILES string of the molecule is C=Nc1ccccc1C(=C)O.CC.CC.CC. The van der Waals surface area contributed by atoms with Crippen molar-refractivity contribution in [1.29, 1.82) is 0 Å². The third kappa shape index (κ3) is 9.36. The van der Waals surface area contributed by atoms with E-state index in [0.29, 0.717) is 11.3 Å². The highest BCUT2D eigenvalue weighted by Crippen LogP contribution is 2.22. The van der Waals surface area contributed by atoms with E-state index >= 15 is 0 Å². The number of rotatable bonds is 2. The lowest BCUT2D eigenvalue weighted by Crippen LogP contribution is -1.79. The van der Waals surface area contributed by atoms with Gasteiger partial charge in [0.2, 0.25) is 0 Å². The van der Waals surface area contributed by atoms with Gasteiger partial charge in [-0.15, -0.1) is 0 Å². The summed E-state index contributed by atoms with van der Waals surface area (Å²) in [6.07, 6.45) is 0. The number of aliphatic hydroxyl groups is 1. The molecule has 17 heavy (non-hydrogen) atoms. The minimum atomic E-state index is 0.0213. The van der Waals surface area contributed by atoms with Crippen molar-refractivity contribution in [3.05, 3.63) is 36.4 Å². The third-order valence-electron chi connectivity index (χ3n) is 1.39. The van der Waals surface area contributed by atoms with Crippen LogP contribution in [0.3, 0.4) is 0 Å². The van der Waals surface area contributed by atoms with Crippen LogP contribution < -0.4 is 0 Å². The summed E-state index contributed by atoms with van der Waals surface area (Å²) < 4.78 is 0. The van der Waals surface area contributed by atoms with Crippen LogP contribution in [-0.4, -0.2) is 11.8 Å². The van der Waals surface area contributed by atoms with Crippen LogP contribution in [0.1, 0.15) is 47.1 Å². The molecule has 1 N–H and O–H groups in total. The molecule has 1 rings (SSSR count). The fourth-order valence-electron chi connectivity index (χ4n) is 0.856. The van der Waals surface area contributed by atoms with E-state index in [-0.39, 0.29) is 5.76 Å². The van der Waals surface area contributed by atoms with E-state index in [4.69, 9.17) is 5.11 Å². The molecule has 0 unspecified atom stereocenters. The Morgan fingerprint density at radius 1 is 1.00 bits per heavy atom. The Kier molecular flexibility index (Phi) is 20.6. The monoisotopic (exact) mass is 237 g/mol. The molecule has 0 radical (unpaired) electrons. The predicted molar refractivity (Wildman–Crippen MR) is 81.4 cm³/mol. The molecule has 0 aliphatic rings. The summed E-state index contributed by atoms with van der Waals surface area (Å²) in [7, 11) is 0. The largest absolute Gasteiger partial charge is 0.508 e. The number of para-hydroxylation sites is 1. The molecular weight excluding hydrogens is 210 g/mol. The molecule has 98 valence electrons. The second-order valence-corrected chi connectivity index (χ2v) is 2.12. The molecule has 1 aromatic carbocycles. The van der Waals surface area contributed by atoms with Gasteiger partial charge < -0.3 is 5.11 Å². The van der Waals surface area contributed by atoms with Crippen molar-refractivity contribution in [2.45, 2.75) is 41.5 Å². The van der Waals surface area contributed by atoms with Crippen molar-refractivity contribution >= 4 is 18.2 Å². The van der Waals surface area contributed by atoms with Crippen molar-refractivity contribution in [2.24, 2.45) is 4.99 Å². The van der Waals surface area contributed by atoms with Gasteiger partial charge in [-0.05, 0) is 18.9 Å². The maximum atomic E-state index is 9.05. The van der Waals surface area contributed by atoms with Crippen LogP contribution in [0.15, 0.2) is 35.8 Å². The van der Waals surface area contributed by atoms with Crippen LogP contribution in [0.25, 0.3) is 5.76 Å². The zero-order valence-electron chi connectivity index (χ0n) is 12.1. The van der Waals surface area contributed by atoms with E-state index in [9.17, 15) is 0 Å². The number of aliphatic imine (C=N–C) groups is 1. The van der Waals surface area contributed by atoms with Gasteiger partial charge in [0.25, 0.3) is 0 Å². The molecule has 0 aliphatic heterocycles. The van der Waals surface area contributed by atoms with Crippen LogP contribution in [0.2, 0.25) is 0 Å². The lowest BCUT2D eigenvalue weighted by Gasteiger charge is -2.00. The highest BCUT2D eigenvalue weighted by molar-refractivity contribution is 5.69. The maximum absolute atomic E-state index is 9.05. The Morgan fingerprint density at radius 2 is 1.41 bits per heavy atom. The van der Waals surface area contributed by atoms with Crippen LogP contribution in [0.5, 0.6) is 0 Å². The average Bonchev–Trinajstić information content (AvgIpc) is 2.45. The van der Waals surface area contributed by atoms with E-state index in [1.165, 1.54) is 0 Å². The first-order valence-corrected chi connectivity index (χ1v) is 6.19. The number of benzene rings is 1. The van der Waals surface area contributed by atoms with E-state index in [1.807, 2.05) is 53.7 Å². The molecule has 0 aromatic heterocycles. The Bertz CT molecular complexity index is 293. The Morgan fingerprint density at radius 3 is 1.71 bits per heavy atom. The smallest absolute Gasteiger partial charge is 0.117 e. The second-order valence-electron chi connectivity index (χ2n) is 2.12. The standard InChI is InChI=1S/C9H9NO.3C2H6/c1-7(11)8-5-3-4-6-9(8)10-2;3*1-2/h3-6,11H,1-2H2;3*1-2H3. The lowest BCUT2D eigenvalue weighted by atomic mass is 10.1.